The lowest BCUT2D eigenvalue weighted by Crippen LogP contribution is -2.05. The monoisotopic (exact) mass is 842 g/mol. The van der Waals surface area contributed by atoms with E-state index < -0.39 is 0 Å². The maximum atomic E-state index is 11.7. The van der Waals surface area contributed by atoms with Crippen molar-refractivity contribution in [2.45, 2.75) is 13.8 Å². The maximum absolute atomic E-state index is 11.7. The Morgan fingerprint density at radius 2 is 0.833 bits per heavy atom. The number of nitrogens with zero attached hydrogens (tertiary/aromatic N) is 4. The molecule has 0 amide bonds. The summed E-state index contributed by atoms with van der Waals surface area (Å²) < 4.78 is 4.60. The van der Waals surface area contributed by atoms with Crippen LogP contribution in [-0.2, 0) is 0 Å². The predicted molar refractivity (Wildman–Crippen MR) is 274 cm³/mol. The van der Waals surface area contributed by atoms with E-state index in [2.05, 4.69) is 229 Å². The van der Waals surface area contributed by atoms with Gasteiger partial charge in [-0.2, -0.15) is 5.26 Å². The summed E-state index contributed by atoms with van der Waals surface area (Å²) in [5, 5.41) is 16.2. The molecule has 3 heterocycles. The fourth-order valence-corrected chi connectivity index (χ4v) is 10.1. The number of pyridine rings is 1. The molecular weight excluding hydrogens is 801 g/mol. The average Bonchev–Trinajstić information content (AvgIpc) is 3.88. The Morgan fingerprint density at radius 1 is 0.364 bits per heavy atom. The van der Waals surface area contributed by atoms with Gasteiger partial charge in [0, 0.05) is 38.9 Å². The first-order chi connectivity index (χ1) is 32.5. The van der Waals surface area contributed by atoms with Gasteiger partial charge in [-0.3, -0.25) is 4.98 Å². The van der Waals surface area contributed by atoms with Crippen molar-refractivity contribution in [1.82, 2.24) is 14.1 Å². The van der Waals surface area contributed by atoms with Gasteiger partial charge in [-0.15, -0.1) is 0 Å². The molecule has 0 aliphatic carbocycles. The largest absolute Gasteiger partial charge is 0.308 e. The normalized spacial score (nSPS) is 11.5. The number of benzene rings is 9. The molecule has 0 radical (unpaired) electrons. The van der Waals surface area contributed by atoms with Gasteiger partial charge in [-0.1, -0.05) is 169 Å². The standard InChI is InChI=1S/C62H42N4/c1-40-15-12-19-43(33-40)45-28-30-58-53(35-45)50-22-8-10-26-56(50)65(58)60-37-47(49-25-14-32-64-62(49)52-24-7-6-21-48(52)42-17-4-3-5-18-42)38-61(55(60)39-63)66-57-27-11-9-23-51(57)54-36-46(29-31-59(54)66)44-20-13-16-41(2)34-44/h3-38H,1-2H3. The van der Waals surface area contributed by atoms with E-state index >= 15 is 0 Å². The molecule has 66 heavy (non-hydrogen) atoms. The molecule has 4 heteroatoms. The van der Waals surface area contributed by atoms with Crippen LogP contribution in [0.25, 0.3) is 111 Å². The number of rotatable bonds is 7. The van der Waals surface area contributed by atoms with Crippen molar-refractivity contribution >= 4 is 43.6 Å². The predicted octanol–water partition coefficient (Wildman–Crippen LogP) is 16.1. The molecule has 0 bridgehead atoms. The highest BCUT2D eigenvalue weighted by atomic mass is 15.0. The minimum absolute atomic E-state index is 0.574. The van der Waals surface area contributed by atoms with Gasteiger partial charge in [0.15, 0.2) is 0 Å². The molecule has 0 N–H and O–H groups in total. The Labute approximate surface area is 383 Å². The first-order valence-corrected chi connectivity index (χ1v) is 22.4. The molecule has 9 aromatic carbocycles. The van der Waals surface area contributed by atoms with Crippen LogP contribution in [0.3, 0.4) is 0 Å². The van der Waals surface area contributed by atoms with Crippen LogP contribution in [0.5, 0.6) is 0 Å². The zero-order valence-electron chi connectivity index (χ0n) is 36.6. The molecule has 0 unspecified atom stereocenters. The molecule has 0 aliphatic rings. The molecule has 0 atom stereocenters. The topological polar surface area (TPSA) is 46.5 Å². The summed E-state index contributed by atoms with van der Waals surface area (Å²) in [6.45, 7) is 4.27. The van der Waals surface area contributed by atoms with Gasteiger partial charge in [0.25, 0.3) is 0 Å². The second-order valence-electron chi connectivity index (χ2n) is 17.2. The Hall–Kier alpha value is -8.78. The molecule has 310 valence electrons. The van der Waals surface area contributed by atoms with Crippen molar-refractivity contribution in [2.75, 3.05) is 0 Å². The van der Waals surface area contributed by atoms with E-state index in [1.54, 1.807) is 0 Å². The third-order valence-corrected chi connectivity index (χ3v) is 13.1. The van der Waals surface area contributed by atoms with Crippen molar-refractivity contribution in [1.29, 1.82) is 5.26 Å². The van der Waals surface area contributed by atoms with Crippen LogP contribution < -0.4 is 0 Å². The summed E-state index contributed by atoms with van der Waals surface area (Å²) in [5.41, 5.74) is 19.4. The SMILES string of the molecule is Cc1cccc(-c2ccc3c(c2)c2ccccc2n3-c2cc(-c3cccnc3-c3ccccc3-c3ccccc3)cc(-n3c4ccccc4c4cc(-c5cccc(C)c5)ccc43)c2C#N)c1. The maximum Gasteiger partial charge on any atom is 0.104 e. The number of para-hydroxylation sites is 2. The average molecular weight is 843 g/mol. The second kappa shape index (κ2) is 15.8. The zero-order chi connectivity index (χ0) is 44.3. The molecule has 12 rings (SSSR count). The fourth-order valence-electron chi connectivity index (χ4n) is 10.1. The van der Waals surface area contributed by atoms with Crippen LogP contribution in [0.15, 0.2) is 219 Å². The molecule has 0 aliphatic heterocycles. The number of nitriles is 1. The highest BCUT2D eigenvalue weighted by Crippen LogP contribution is 2.44. The fraction of sp³-hybridized carbons (Fsp3) is 0.0323. The summed E-state index contributed by atoms with van der Waals surface area (Å²) in [7, 11) is 0. The van der Waals surface area contributed by atoms with Crippen LogP contribution >= 0.6 is 0 Å². The van der Waals surface area contributed by atoms with Gasteiger partial charge in [0.1, 0.15) is 11.6 Å². The van der Waals surface area contributed by atoms with Crippen LogP contribution in [0.1, 0.15) is 16.7 Å². The van der Waals surface area contributed by atoms with E-state index in [-0.39, 0.29) is 0 Å². The molecular formula is C62H42N4. The van der Waals surface area contributed by atoms with E-state index in [1.807, 2.05) is 18.3 Å². The quantitative estimate of drug-likeness (QED) is 0.160. The Balaban J connectivity index is 1.18. The van der Waals surface area contributed by atoms with Gasteiger partial charge in [-0.25, -0.2) is 0 Å². The summed E-state index contributed by atoms with van der Waals surface area (Å²) >= 11 is 0. The van der Waals surface area contributed by atoms with E-state index in [9.17, 15) is 5.26 Å². The van der Waals surface area contributed by atoms with E-state index in [1.165, 1.54) is 22.3 Å². The van der Waals surface area contributed by atoms with Crippen molar-refractivity contribution in [3.8, 4) is 73.2 Å². The van der Waals surface area contributed by atoms with Gasteiger partial charge in [-0.05, 0) is 107 Å². The number of hydrogen-bond donors (Lipinski definition) is 0. The summed E-state index contributed by atoms with van der Waals surface area (Å²) in [4.78, 5) is 5.15. The van der Waals surface area contributed by atoms with Crippen LogP contribution in [0.2, 0.25) is 0 Å². The number of aromatic nitrogens is 3. The van der Waals surface area contributed by atoms with E-state index in [4.69, 9.17) is 4.98 Å². The summed E-state index contributed by atoms with van der Waals surface area (Å²) in [5.74, 6) is 0. The van der Waals surface area contributed by atoms with Gasteiger partial charge in [0.2, 0.25) is 0 Å². The minimum atomic E-state index is 0.574. The van der Waals surface area contributed by atoms with Crippen LogP contribution in [0.4, 0.5) is 0 Å². The Bertz CT molecular complexity index is 3730. The van der Waals surface area contributed by atoms with Crippen LogP contribution in [0, 0.1) is 25.2 Å². The van der Waals surface area contributed by atoms with E-state index in [0.717, 1.165) is 99.6 Å². The molecule has 4 nitrogen and oxygen atoms in total. The lowest BCUT2D eigenvalue weighted by molar-refractivity contribution is 1.12. The lowest BCUT2D eigenvalue weighted by Gasteiger charge is -2.20. The highest BCUT2D eigenvalue weighted by molar-refractivity contribution is 6.12. The lowest BCUT2D eigenvalue weighted by atomic mass is 9.92. The third-order valence-electron chi connectivity index (χ3n) is 13.1. The van der Waals surface area contributed by atoms with E-state index in [0.29, 0.717) is 5.56 Å². The second-order valence-corrected chi connectivity index (χ2v) is 17.2. The smallest absolute Gasteiger partial charge is 0.104 e. The third kappa shape index (κ3) is 6.40. The van der Waals surface area contributed by atoms with Gasteiger partial charge >= 0.3 is 0 Å². The van der Waals surface area contributed by atoms with Crippen LogP contribution in [-0.4, -0.2) is 14.1 Å². The zero-order valence-corrected chi connectivity index (χ0v) is 36.6. The number of aryl methyl sites for hydroxylation is 2. The van der Waals surface area contributed by atoms with Crippen molar-refractivity contribution in [3.63, 3.8) is 0 Å². The Kier molecular flexibility index (Phi) is 9.29. The van der Waals surface area contributed by atoms with Crippen molar-refractivity contribution in [3.05, 3.63) is 235 Å². The molecule has 0 saturated heterocycles. The minimum Gasteiger partial charge on any atom is -0.308 e. The summed E-state index contributed by atoms with van der Waals surface area (Å²) in [6, 6.07) is 78.3. The molecule has 0 saturated carbocycles. The number of hydrogen-bond acceptors (Lipinski definition) is 2. The van der Waals surface area contributed by atoms with Crippen molar-refractivity contribution < 1.29 is 0 Å². The Morgan fingerprint density at radius 3 is 1.39 bits per heavy atom. The molecule has 12 aromatic rings. The van der Waals surface area contributed by atoms with Gasteiger partial charge in [0.05, 0.1) is 39.1 Å². The first kappa shape index (κ1) is 38.9. The molecule has 0 spiro atoms. The summed E-state index contributed by atoms with van der Waals surface area (Å²) in [6.07, 6.45) is 1.88. The molecule has 3 aromatic heterocycles. The first-order valence-electron chi connectivity index (χ1n) is 22.4. The number of fused-ring (bicyclic) bond motifs is 6. The molecule has 0 fully saturated rings. The van der Waals surface area contributed by atoms with Gasteiger partial charge < -0.3 is 9.13 Å². The highest BCUT2D eigenvalue weighted by Gasteiger charge is 2.24. The van der Waals surface area contributed by atoms with Crippen molar-refractivity contribution in [2.24, 2.45) is 0 Å².